The molecule has 1 heterocycles. The number of aliphatic hydroxyl groups excluding tert-OH is 5. The summed E-state index contributed by atoms with van der Waals surface area (Å²) < 4.78 is 11.3. The van der Waals surface area contributed by atoms with Gasteiger partial charge in [0, 0.05) is 6.42 Å². The van der Waals surface area contributed by atoms with Crippen LogP contribution in [-0.2, 0) is 14.3 Å². The average Bonchev–Trinajstić information content (AvgIpc) is 3.31. The molecule has 1 saturated heterocycles. The molecule has 0 bridgehead atoms. The van der Waals surface area contributed by atoms with E-state index in [0.29, 0.717) is 12.8 Å². The quantitative estimate of drug-likeness (QED) is 0.0261. The number of ether oxygens (including phenoxy) is 2. The second-order valence-electron chi connectivity index (χ2n) is 20.1. The van der Waals surface area contributed by atoms with E-state index < -0.39 is 49.5 Å². The number of unbranched alkanes of at least 4 members (excludes halogenated alkanes) is 37. The predicted octanol–water partition coefficient (Wildman–Crippen LogP) is 13.6. The number of nitrogens with one attached hydrogen (secondary N) is 1. The summed E-state index contributed by atoms with van der Waals surface area (Å²) in [5, 5.41) is 54.7. The lowest BCUT2D eigenvalue weighted by molar-refractivity contribution is -0.302. The first kappa shape index (κ1) is 61.9. The highest BCUT2D eigenvalue weighted by atomic mass is 16.7. The van der Waals surface area contributed by atoms with Crippen molar-refractivity contribution in [2.24, 2.45) is 0 Å². The number of rotatable bonds is 49. The Morgan fingerprint density at radius 1 is 0.508 bits per heavy atom. The van der Waals surface area contributed by atoms with Gasteiger partial charge in [-0.3, -0.25) is 4.79 Å². The van der Waals surface area contributed by atoms with Gasteiger partial charge in [-0.1, -0.05) is 251 Å². The van der Waals surface area contributed by atoms with Gasteiger partial charge in [-0.05, 0) is 38.5 Å². The number of aliphatic hydroxyl groups is 5. The number of hydrogen-bond donors (Lipinski definition) is 6. The van der Waals surface area contributed by atoms with Gasteiger partial charge in [-0.15, -0.1) is 0 Å². The number of carbonyl (C=O) groups excluding carboxylic acids is 1. The Labute approximate surface area is 401 Å². The second-order valence-corrected chi connectivity index (χ2v) is 20.1. The number of carbonyl (C=O) groups is 1. The van der Waals surface area contributed by atoms with Crippen LogP contribution in [0.1, 0.15) is 284 Å². The largest absolute Gasteiger partial charge is 0.394 e. The van der Waals surface area contributed by atoms with Crippen molar-refractivity contribution in [1.82, 2.24) is 5.32 Å². The first-order chi connectivity index (χ1) is 31.8. The van der Waals surface area contributed by atoms with Crippen molar-refractivity contribution in [3.8, 4) is 0 Å². The summed E-state index contributed by atoms with van der Waals surface area (Å²) in [7, 11) is 0. The molecular weight excluding hydrogens is 815 g/mol. The van der Waals surface area contributed by atoms with E-state index in [2.05, 4.69) is 31.3 Å². The summed E-state index contributed by atoms with van der Waals surface area (Å²) in [6.45, 7) is 3.87. The van der Waals surface area contributed by atoms with Crippen LogP contribution in [0.25, 0.3) is 0 Å². The number of amides is 1. The van der Waals surface area contributed by atoms with Crippen LogP contribution in [0.15, 0.2) is 12.2 Å². The molecule has 1 aliphatic rings. The van der Waals surface area contributed by atoms with Gasteiger partial charge in [0.2, 0.25) is 5.91 Å². The van der Waals surface area contributed by atoms with Crippen LogP contribution in [0.3, 0.4) is 0 Å². The summed E-state index contributed by atoms with van der Waals surface area (Å²) in [6, 6.07) is -0.719. The summed E-state index contributed by atoms with van der Waals surface area (Å²) in [5.74, 6) is -0.144. The SMILES string of the molecule is CCCCCCCCCC/C=C\CCCCCCCCCC(=O)NC(COC1OC(CO)C(O)C(O)C1O)C(O)CCCCCCCCCCCCCCCCCCCCCCCCC. The topological polar surface area (TPSA) is 149 Å². The van der Waals surface area contributed by atoms with Crippen LogP contribution >= 0.6 is 0 Å². The molecule has 0 aromatic rings. The smallest absolute Gasteiger partial charge is 0.220 e. The molecule has 0 aliphatic carbocycles. The fourth-order valence-corrected chi connectivity index (χ4v) is 9.34. The van der Waals surface area contributed by atoms with Crippen molar-refractivity contribution < 1.29 is 39.8 Å². The van der Waals surface area contributed by atoms with Crippen LogP contribution in [-0.4, -0.2) is 87.5 Å². The van der Waals surface area contributed by atoms with Crippen LogP contribution in [0, 0.1) is 0 Å². The summed E-state index contributed by atoms with van der Waals surface area (Å²) >= 11 is 0. The molecule has 6 N–H and O–H groups in total. The molecule has 7 atom stereocenters. The average molecular weight is 924 g/mol. The van der Waals surface area contributed by atoms with Crippen LogP contribution < -0.4 is 5.32 Å². The van der Waals surface area contributed by atoms with Crippen molar-refractivity contribution in [3.05, 3.63) is 12.2 Å². The third-order valence-electron chi connectivity index (χ3n) is 13.9. The van der Waals surface area contributed by atoms with Crippen LogP contribution in [0.4, 0.5) is 0 Å². The molecule has 0 aromatic carbocycles. The molecular formula is C56H109NO8. The van der Waals surface area contributed by atoms with Gasteiger partial charge in [0.1, 0.15) is 24.4 Å². The molecule has 65 heavy (non-hydrogen) atoms. The first-order valence-corrected chi connectivity index (χ1v) is 28.4. The standard InChI is InChI=1S/C56H109NO8/c1-3-5-7-9-11-13-15-17-19-21-23-24-25-26-28-29-31-33-35-37-39-41-43-45-50(59)49(48-64-56-55(63)54(62)53(61)51(47-58)65-56)57-52(60)46-44-42-40-38-36-34-32-30-27-22-20-18-16-14-12-10-8-6-4-2/h22,27,49-51,53-56,58-59,61-63H,3-21,23-26,28-48H2,1-2H3,(H,57,60)/b27-22-. The molecule has 1 amide bonds. The number of allylic oxidation sites excluding steroid dienone is 2. The van der Waals surface area contributed by atoms with E-state index in [-0.39, 0.29) is 12.5 Å². The van der Waals surface area contributed by atoms with Crippen molar-refractivity contribution in [3.63, 3.8) is 0 Å². The lowest BCUT2D eigenvalue weighted by atomic mass is 9.99. The zero-order valence-corrected chi connectivity index (χ0v) is 42.8. The van der Waals surface area contributed by atoms with Gasteiger partial charge in [-0.25, -0.2) is 0 Å². The Kier molecular flexibility index (Phi) is 44.5. The van der Waals surface area contributed by atoms with Gasteiger partial charge in [-0.2, -0.15) is 0 Å². The molecule has 0 aromatic heterocycles. The first-order valence-electron chi connectivity index (χ1n) is 28.4. The predicted molar refractivity (Wildman–Crippen MR) is 272 cm³/mol. The molecule has 9 heteroatoms. The van der Waals surface area contributed by atoms with E-state index in [4.69, 9.17) is 9.47 Å². The Balaban J connectivity index is 2.21. The monoisotopic (exact) mass is 924 g/mol. The Hall–Kier alpha value is -1.07. The minimum atomic E-state index is -1.55. The third kappa shape index (κ3) is 36.6. The maximum Gasteiger partial charge on any atom is 0.220 e. The van der Waals surface area contributed by atoms with E-state index in [1.54, 1.807) is 0 Å². The summed E-state index contributed by atoms with van der Waals surface area (Å²) in [6.07, 6.45) is 49.5. The third-order valence-corrected chi connectivity index (χ3v) is 13.9. The molecule has 9 nitrogen and oxygen atoms in total. The fourth-order valence-electron chi connectivity index (χ4n) is 9.34. The summed E-state index contributed by atoms with van der Waals surface area (Å²) in [5.41, 5.74) is 0. The molecule has 0 radical (unpaired) electrons. The molecule has 1 fully saturated rings. The van der Waals surface area contributed by atoms with Crippen molar-refractivity contribution in [1.29, 1.82) is 0 Å². The summed E-state index contributed by atoms with van der Waals surface area (Å²) in [4.78, 5) is 13.1. The van der Waals surface area contributed by atoms with Crippen LogP contribution in [0.2, 0.25) is 0 Å². The van der Waals surface area contributed by atoms with E-state index in [9.17, 15) is 30.3 Å². The maximum atomic E-state index is 13.1. The van der Waals surface area contributed by atoms with Gasteiger partial charge >= 0.3 is 0 Å². The Bertz CT molecular complexity index is 1030. The normalized spacial score (nSPS) is 19.9. The van der Waals surface area contributed by atoms with Crippen molar-refractivity contribution in [2.45, 2.75) is 326 Å². The van der Waals surface area contributed by atoms with E-state index in [0.717, 1.165) is 38.5 Å². The van der Waals surface area contributed by atoms with Gasteiger partial charge < -0.3 is 40.3 Å². The lowest BCUT2D eigenvalue weighted by Gasteiger charge is -2.40. The fraction of sp³-hybridized carbons (Fsp3) is 0.946. The molecule has 0 spiro atoms. The van der Waals surface area contributed by atoms with Crippen molar-refractivity contribution >= 4 is 5.91 Å². The maximum absolute atomic E-state index is 13.1. The van der Waals surface area contributed by atoms with Gasteiger partial charge in [0.05, 0.1) is 25.4 Å². The Morgan fingerprint density at radius 3 is 1.25 bits per heavy atom. The van der Waals surface area contributed by atoms with E-state index in [1.165, 1.54) is 218 Å². The molecule has 0 saturated carbocycles. The highest BCUT2D eigenvalue weighted by Crippen LogP contribution is 2.23. The lowest BCUT2D eigenvalue weighted by Crippen LogP contribution is -2.60. The minimum Gasteiger partial charge on any atom is -0.394 e. The highest BCUT2D eigenvalue weighted by molar-refractivity contribution is 5.76. The van der Waals surface area contributed by atoms with E-state index in [1.807, 2.05) is 0 Å². The number of hydrogen-bond acceptors (Lipinski definition) is 8. The highest BCUT2D eigenvalue weighted by Gasteiger charge is 2.44. The molecule has 386 valence electrons. The zero-order chi connectivity index (χ0) is 47.3. The second kappa shape index (κ2) is 46.6. The zero-order valence-electron chi connectivity index (χ0n) is 42.8. The molecule has 7 unspecified atom stereocenters. The molecule has 1 rings (SSSR count). The van der Waals surface area contributed by atoms with Gasteiger partial charge in [0.15, 0.2) is 6.29 Å². The van der Waals surface area contributed by atoms with Crippen LogP contribution in [0.5, 0.6) is 0 Å². The van der Waals surface area contributed by atoms with Gasteiger partial charge in [0.25, 0.3) is 0 Å². The van der Waals surface area contributed by atoms with Crippen molar-refractivity contribution in [2.75, 3.05) is 13.2 Å². The Morgan fingerprint density at radius 2 is 0.862 bits per heavy atom. The minimum absolute atomic E-state index is 0.136. The molecule has 1 aliphatic heterocycles. The van der Waals surface area contributed by atoms with E-state index >= 15 is 0 Å².